The molecule has 0 aliphatic heterocycles. The quantitative estimate of drug-likeness (QED) is 0.906. The number of aliphatic hydroxyl groups excluding tert-OH is 1. The van der Waals surface area contributed by atoms with E-state index in [9.17, 15) is 5.11 Å². The van der Waals surface area contributed by atoms with Gasteiger partial charge in [0.2, 0.25) is 0 Å². The van der Waals surface area contributed by atoms with Crippen LogP contribution in [0.2, 0.25) is 0 Å². The molecule has 2 aromatic rings. The van der Waals surface area contributed by atoms with Gasteiger partial charge in [-0.05, 0) is 40.7 Å². The molecular formula is C12H14BrN3O. The van der Waals surface area contributed by atoms with Crippen molar-refractivity contribution in [3.63, 3.8) is 0 Å². The Morgan fingerprint density at radius 1 is 1.53 bits per heavy atom. The molecule has 4 nitrogen and oxygen atoms in total. The van der Waals surface area contributed by atoms with Crippen LogP contribution in [0.25, 0.3) is 5.69 Å². The molecule has 0 bridgehead atoms. The lowest BCUT2D eigenvalue weighted by molar-refractivity contribution is 0.177. The van der Waals surface area contributed by atoms with Gasteiger partial charge < -0.3 is 15.0 Å². The Morgan fingerprint density at radius 3 is 2.94 bits per heavy atom. The number of benzene rings is 1. The summed E-state index contributed by atoms with van der Waals surface area (Å²) in [5, 5.41) is 12.8. The standard InChI is InChI=1S/C12H14BrN3O/c1-14-7-12(17)9-2-3-11(10(13)6-9)16-5-4-15-8-16/h2-6,8,12,14,17H,7H2,1H3. The van der Waals surface area contributed by atoms with Gasteiger partial charge in [-0.1, -0.05) is 6.07 Å². The molecule has 0 fully saturated rings. The highest BCUT2D eigenvalue weighted by molar-refractivity contribution is 9.10. The van der Waals surface area contributed by atoms with Gasteiger partial charge in [0.25, 0.3) is 0 Å². The van der Waals surface area contributed by atoms with Crippen LogP contribution in [0.5, 0.6) is 0 Å². The number of nitrogens with one attached hydrogen (secondary N) is 1. The van der Waals surface area contributed by atoms with E-state index in [1.165, 1.54) is 0 Å². The Morgan fingerprint density at radius 2 is 2.35 bits per heavy atom. The average molecular weight is 296 g/mol. The molecule has 2 N–H and O–H groups in total. The lowest BCUT2D eigenvalue weighted by atomic mass is 10.1. The Balaban J connectivity index is 2.29. The van der Waals surface area contributed by atoms with Crippen molar-refractivity contribution in [1.82, 2.24) is 14.9 Å². The largest absolute Gasteiger partial charge is 0.387 e. The van der Waals surface area contributed by atoms with Gasteiger partial charge in [-0.2, -0.15) is 0 Å². The van der Waals surface area contributed by atoms with E-state index in [1.807, 2.05) is 36.0 Å². The molecule has 1 aromatic heterocycles. The van der Waals surface area contributed by atoms with Gasteiger partial charge in [0.15, 0.2) is 0 Å². The molecule has 1 atom stereocenters. The van der Waals surface area contributed by atoms with E-state index >= 15 is 0 Å². The van der Waals surface area contributed by atoms with Gasteiger partial charge in [0.1, 0.15) is 0 Å². The lowest BCUT2D eigenvalue weighted by Crippen LogP contribution is -2.16. The smallest absolute Gasteiger partial charge is 0.0992 e. The van der Waals surface area contributed by atoms with Crippen LogP contribution in [-0.4, -0.2) is 28.3 Å². The summed E-state index contributed by atoms with van der Waals surface area (Å²) in [4.78, 5) is 4.01. The molecule has 5 heteroatoms. The van der Waals surface area contributed by atoms with E-state index in [0.29, 0.717) is 6.54 Å². The predicted octanol–water partition coefficient (Wildman–Crippen LogP) is 1.89. The Labute approximate surface area is 108 Å². The van der Waals surface area contributed by atoms with Crippen molar-refractivity contribution in [3.05, 3.63) is 47.0 Å². The fraction of sp³-hybridized carbons (Fsp3) is 0.250. The van der Waals surface area contributed by atoms with Crippen LogP contribution in [0.4, 0.5) is 0 Å². The van der Waals surface area contributed by atoms with Gasteiger partial charge in [-0.25, -0.2) is 4.98 Å². The van der Waals surface area contributed by atoms with Gasteiger partial charge in [-0.15, -0.1) is 0 Å². The van der Waals surface area contributed by atoms with Crippen LogP contribution in [0.1, 0.15) is 11.7 Å². The highest BCUT2D eigenvalue weighted by Gasteiger charge is 2.09. The Hall–Kier alpha value is -1.17. The number of imidazole rings is 1. The molecule has 1 aromatic carbocycles. The number of halogens is 1. The zero-order chi connectivity index (χ0) is 12.3. The maximum Gasteiger partial charge on any atom is 0.0992 e. The first-order valence-corrected chi connectivity index (χ1v) is 6.12. The van der Waals surface area contributed by atoms with Crippen molar-refractivity contribution in [3.8, 4) is 5.69 Å². The molecule has 0 saturated heterocycles. The summed E-state index contributed by atoms with van der Waals surface area (Å²) >= 11 is 3.51. The van der Waals surface area contributed by atoms with E-state index in [1.54, 1.807) is 12.5 Å². The van der Waals surface area contributed by atoms with Crippen molar-refractivity contribution in [1.29, 1.82) is 0 Å². The van der Waals surface area contributed by atoms with Gasteiger partial charge >= 0.3 is 0 Å². The van der Waals surface area contributed by atoms with Gasteiger partial charge in [-0.3, -0.25) is 0 Å². The minimum Gasteiger partial charge on any atom is -0.387 e. The van der Waals surface area contributed by atoms with Crippen LogP contribution >= 0.6 is 15.9 Å². The summed E-state index contributed by atoms with van der Waals surface area (Å²) < 4.78 is 2.85. The molecule has 1 unspecified atom stereocenters. The van der Waals surface area contributed by atoms with E-state index in [0.717, 1.165) is 15.7 Å². The molecule has 0 radical (unpaired) electrons. The number of likely N-dealkylation sites (N-methyl/N-ethyl adjacent to an activating group) is 1. The number of aromatic nitrogens is 2. The summed E-state index contributed by atoms with van der Waals surface area (Å²) in [5.41, 5.74) is 1.89. The highest BCUT2D eigenvalue weighted by Crippen LogP contribution is 2.25. The second kappa shape index (κ2) is 5.44. The maximum absolute atomic E-state index is 9.86. The van der Waals surface area contributed by atoms with Crippen molar-refractivity contribution in [2.75, 3.05) is 13.6 Å². The molecule has 90 valence electrons. The summed E-state index contributed by atoms with van der Waals surface area (Å²) in [6.07, 6.45) is 4.86. The molecular weight excluding hydrogens is 282 g/mol. The van der Waals surface area contributed by atoms with Crippen molar-refractivity contribution < 1.29 is 5.11 Å². The summed E-state index contributed by atoms with van der Waals surface area (Å²) in [6.45, 7) is 0.539. The van der Waals surface area contributed by atoms with Gasteiger partial charge in [0, 0.05) is 23.4 Å². The second-order valence-electron chi connectivity index (χ2n) is 3.75. The number of aliphatic hydroxyl groups is 1. The minimum absolute atomic E-state index is 0.492. The second-order valence-corrected chi connectivity index (χ2v) is 4.61. The van der Waals surface area contributed by atoms with Gasteiger partial charge in [0.05, 0.1) is 18.1 Å². The monoisotopic (exact) mass is 295 g/mol. The fourth-order valence-corrected chi connectivity index (χ4v) is 2.25. The SMILES string of the molecule is CNCC(O)c1ccc(-n2ccnc2)c(Br)c1. The van der Waals surface area contributed by atoms with Crippen molar-refractivity contribution in [2.24, 2.45) is 0 Å². The number of nitrogens with zero attached hydrogens (tertiary/aromatic N) is 2. The molecule has 0 amide bonds. The first kappa shape index (κ1) is 12.3. The van der Waals surface area contributed by atoms with Crippen LogP contribution in [-0.2, 0) is 0 Å². The van der Waals surface area contributed by atoms with E-state index < -0.39 is 6.10 Å². The summed E-state index contributed by atoms with van der Waals surface area (Å²) in [5.74, 6) is 0. The minimum atomic E-state index is -0.492. The molecule has 17 heavy (non-hydrogen) atoms. The Kier molecular flexibility index (Phi) is 3.93. The van der Waals surface area contributed by atoms with Crippen LogP contribution in [0.3, 0.4) is 0 Å². The highest BCUT2D eigenvalue weighted by atomic mass is 79.9. The molecule has 0 saturated carbocycles. The third-order valence-electron chi connectivity index (χ3n) is 2.54. The Bertz CT molecular complexity index is 485. The van der Waals surface area contributed by atoms with Crippen molar-refractivity contribution in [2.45, 2.75) is 6.10 Å². The molecule has 0 spiro atoms. The van der Waals surface area contributed by atoms with E-state index in [4.69, 9.17) is 0 Å². The zero-order valence-corrected chi connectivity index (χ0v) is 11.1. The summed E-state index contributed by atoms with van der Waals surface area (Å²) in [7, 11) is 1.82. The first-order valence-electron chi connectivity index (χ1n) is 5.33. The molecule has 0 aliphatic rings. The molecule has 2 rings (SSSR count). The fourth-order valence-electron chi connectivity index (χ4n) is 1.65. The summed E-state index contributed by atoms with van der Waals surface area (Å²) in [6, 6.07) is 5.80. The zero-order valence-electron chi connectivity index (χ0n) is 9.47. The lowest BCUT2D eigenvalue weighted by Gasteiger charge is -2.13. The van der Waals surface area contributed by atoms with Crippen LogP contribution in [0, 0.1) is 0 Å². The van der Waals surface area contributed by atoms with Crippen molar-refractivity contribution >= 4 is 15.9 Å². The van der Waals surface area contributed by atoms with E-state index in [-0.39, 0.29) is 0 Å². The van der Waals surface area contributed by atoms with E-state index in [2.05, 4.69) is 26.2 Å². The molecule has 1 heterocycles. The predicted molar refractivity (Wildman–Crippen MR) is 70.2 cm³/mol. The van der Waals surface area contributed by atoms with Crippen LogP contribution < -0.4 is 5.32 Å². The number of rotatable bonds is 4. The normalized spacial score (nSPS) is 12.6. The van der Waals surface area contributed by atoms with Crippen LogP contribution in [0.15, 0.2) is 41.4 Å². The number of hydrogen-bond donors (Lipinski definition) is 2. The third-order valence-corrected chi connectivity index (χ3v) is 3.17. The number of hydrogen-bond acceptors (Lipinski definition) is 3. The first-order chi connectivity index (χ1) is 8.22. The third kappa shape index (κ3) is 2.74. The maximum atomic E-state index is 9.86. The topological polar surface area (TPSA) is 50.1 Å². The average Bonchev–Trinajstić information content (AvgIpc) is 2.82. The molecule has 0 aliphatic carbocycles.